The summed E-state index contributed by atoms with van der Waals surface area (Å²) in [5.74, 6) is 0.199. The molecule has 0 N–H and O–H groups in total. The van der Waals surface area contributed by atoms with Crippen LogP contribution in [0.2, 0.25) is 0 Å². The van der Waals surface area contributed by atoms with Crippen molar-refractivity contribution in [2.24, 2.45) is 0 Å². The average Bonchev–Trinajstić information content (AvgIpc) is 2.91. The van der Waals surface area contributed by atoms with Crippen LogP contribution in [0.25, 0.3) is 11.6 Å². The Morgan fingerprint density at radius 2 is 2.09 bits per heavy atom. The van der Waals surface area contributed by atoms with Crippen molar-refractivity contribution in [1.29, 1.82) is 0 Å². The molecule has 2 rings (SSSR count). The number of ether oxygens (including phenoxy) is 1. The first-order valence-corrected chi connectivity index (χ1v) is 6.89. The summed E-state index contributed by atoms with van der Waals surface area (Å²) in [5.41, 5.74) is -0.347. The summed E-state index contributed by atoms with van der Waals surface area (Å²) >= 11 is 0. The molecule has 118 valence electrons. The summed E-state index contributed by atoms with van der Waals surface area (Å²) in [7, 11) is 0. The first-order chi connectivity index (χ1) is 10.3. The number of aromatic nitrogens is 4. The van der Waals surface area contributed by atoms with Gasteiger partial charge in [0.1, 0.15) is 12.2 Å². The number of carbonyl (C=O) groups is 1. The fraction of sp³-hybridized carbons (Fsp3) is 0.500. The Hall–Kier alpha value is -2.51. The molecule has 2 aromatic rings. The second-order valence-electron chi connectivity index (χ2n) is 5.69. The van der Waals surface area contributed by atoms with Crippen molar-refractivity contribution < 1.29 is 14.1 Å². The van der Waals surface area contributed by atoms with Crippen molar-refractivity contribution >= 4 is 5.97 Å². The lowest BCUT2D eigenvalue weighted by Gasteiger charge is -2.10. The molecule has 0 unspecified atom stereocenters. The molecule has 0 bridgehead atoms. The van der Waals surface area contributed by atoms with Gasteiger partial charge in [-0.3, -0.25) is 9.59 Å². The van der Waals surface area contributed by atoms with E-state index in [4.69, 9.17) is 9.26 Å². The smallest absolute Gasteiger partial charge is 0.327 e. The lowest BCUT2D eigenvalue weighted by molar-refractivity contribution is -0.144. The first kappa shape index (κ1) is 15.9. The standard InChI is InChI=1S/C14H18N4O4/c1-5-21-11(20)8-18-10(19)7-6-9(16-18)12-15-13(17-22-12)14(2,3)4/h6-7H,5,8H2,1-4H3. The molecule has 0 amide bonds. The molecule has 0 fully saturated rings. The van der Waals surface area contributed by atoms with E-state index in [1.165, 1.54) is 12.1 Å². The Morgan fingerprint density at radius 1 is 1.36 bits per heavy atom. The summed E-state index contributed by atoms with van der Waals surface area (Å²) in [6, 6.07) is 2.77. The van der Waals surface area contributed by atoms with Crippen molar-refractivity contribution in [3.8, 4) is 11.6 Å². The van der Waals surface area contributed by atoms with Crippen molar-refractivity contribution in [3.63, 3.8) is 0 Å². The summed E-state index contributed by atoms with van der Waals surface area (Å²) in [6.07, 6.45) is 0. The van der Waals surface area contributed by atoms with E-state index >= 15 is 0 Å². The van der Waals surface area contributed by atoms with Gasteiger partial charge in [0.05, 0.1) is 6.61 Å². The van der Waals surface area contributed by atoms with Crippen molar-refractivity contribution in [2.75, 3.05) is 6.61 Å². The minimum Gasteiger partial charge on any atom is -0.465 e. The molecule has 2 heterocycles. The maximum atomic E-state index is 11.7. The molecular formula is C14H18N4O4. The number of hydrogen-bond acceptors (Lipinski definition) is 7. The van der Waals surface area contributed by atoms with Gasteiger partial charge in [-0.25, -0.2) is 4.68 Å². The molecule has 0 aliphatic heterocycles. The molecule has 0 saturated carbocycles. The zero-order valence-electron chi connectivity index (χ0n) is 13.0. The predicted molar refractivity (Wildman–Crippen MR) is 77.1 cm³/mol. The van der Waals surface area contributed by atoms with E-state index in [1.807, 2.05) is 20.8 Å². The molecule has 0 radical (unpaired) electrons. The fourth-order valence-electron chi connectivity index (χ4n) is 1.64. The monoisotopic (exact) mass is 306 g/mol. The topological polar surface area (TPSA) is 100 Å². The van der Waals surface area contributed by atoms with Crippen LogP contribution in [0, 0.1) is 0 Å². The van der Waals surface area contributed by atoms with Gasteiger partial charge in [-0.15, -0.1) is 0 Å². The highest BCUT2D eigenvalue weighted by Gasteiger charge is 2.22. The minimum atomic E-state index is -0.532. The number of nitrogens with zero attached hydrogens (tertiary/aromatic N) is 4. The van der Waals surface area contributed by atoms with Gasteiger partial charge in [-0.05, 0) is 13.0 Å². The second-order valence-corrected chi connectivity index (χ2v) is 5.69. The molecule has 0 atom stereocenters. The maximum absolute atomic E-state index is 11.7. The van der Waals surface area contributed by atoms with Gasteiger partial charge in [0.2, 0.25) is 0 Å². The van der Waals surface area contributed by atoms with Gasteiger partial charge in [-0.2, -0.15) is 10.1 Å². The van der Waals surface area contributed by atoms with Crippen LogP contribution in [0.4, 0.5) is 0 Å². The molecule has 0 aliphatic carbocycles. The molecule has 0 saturated heterocycles. The molecule has 0 aromatic carbocycles. The quantitative estimate of drug-likeness (QED) is 0.781. The SMILES string of the molecule is CCOC(=O)Cn1nc(-c2nc(C(C)(C)C)no2)ccc1=O. The van der Waals surface area contributed by atoms with Crippen LogP contribution >= 0.6 is 0 Å². The molecule has 8 nitrogen and oxygen atoms in total. The third-order valence-corrected chi connectivity index (χ3v) is 2.77. The molecular weight excluding hydrogens is 288 g/mol. The van der Waals surface area contributed by atoms with Gasteiger partial charge in [0.15, 0.2) is 5.82 Å². The zero-order valence-corrected chi connectivity index (χ0v) is 13.0. The van der Waals surface area contributed by atoms with Crippen molar-refractivity contribution in [1.82, 2.24) is 19.9 Å². The van der Waals surface area contributed by atoms with Gasteiger partial charge in [-0.1, -0.05) is 25.9 Å². The Bertz CT molecular complexity index is 727. The van der Waals surface area contributed by atoms with Crippen LogP contribution in [-0.4, -0.2) is 32.5 Å². The Balaban J connectivity index is 2.31. The highest BCUT2D eigenvalue weighted by atomic mass is 16.5. The summed E-state index contributed by atoms with van der Waals surface area (Å²) in [4.78, 5) is 27.5. The minimum absolute atomic E-state index is 0.197. The highest BCUT2D eigenvalue weighted by Crippen LogP contribution is 2.21. The first-order valence-electron chi connectivity index (χ1n) is 6.89. The lowest BCUT2D eigenvalue weighted by Crippen LogP contribution is -2.27. The summed E-state index contributed by atoms with van der Waals surface area (Å²) in [5, 5.41) is 7.97. The Kier molecular flexibility index (Phi) is 4.39. The van der Waals surface area contributed by atoms with E-state index in [2.05, 4.69) is 15.2 Å². The molecule has 8 heteroatoms. The number of hydrogen-bond donors (Lipinski definition) is 0. The van der Waals surface area contributed by atoms with Gasteiger partial charge in [0, 0.05) is 11.5 Å². The van der Waals surface area contributed by atoms with E-state index in [0.717, 1.165) is 4.68 Å². The van der Waals surface area contributed by atoms with Gasteiger partial charge < -0.3 is 9.26 Å². The van der Waals surface area contributed by atoms with Crippen LogP contribution < -0.4 is 5.56 Å². The van der Waals surface area contributed by atoms with E-state index in [9.17, 15) is 9.59 Å². The van der Waals surface area contributed by atoms with E-state index in [-0.39, 0.29) is 24.5 Å². The predicted octanol–water partition coefficient (Wildman–Crippen LogP) is 1.15. The molecule has 2 aromatic heterocycles. The summed E-state index contributed by atoms with van der Waals surface area (Å²) in [6.45, 7) is 7.54. The van der Waals surface area contributed by atoms with Crippen LogP contribution in [0.1, 0.15) is 33.5 Å². The van der Waals surface area contributed by atoms with Crippen LogP contribution in [0.5, 0.6) is 0 Å². The van der Waals surface area contributed by atoms with Crippen molar-refractivity contribution in [3.05, 3.63) is 28.3 Å². The van der Waals surface area contributed by atoms with E-state index in [0.29, 0.717) is 11.5 Å². The van der Waals surface area contributed by atoms with Crippen LogP contribution in [-0.2, 0) is 21.5 Å². The zero-order chi connectivity index (χ0) is 16.3. The molecule has 0 spiro atoms. The lowest BCUT2D eigenvalue weighted by atomic mass is 9.96. The molecule has 0 aliphatic rings. The maximum Gasteiger partial charge on any atom is 0.327 e. The van der Waals surface area contributed by atoms with E-state index in [1.54, 1.807) is 6.92 Å². The highest BCUT2D eigenvalue weighted by molar-refractivity contribution is 5.69. The third kappa shape index (κ3) is 3.57. The Morgan fingerprint density at radius 3 is 2.68 bits per heavy atom. The number of esters is 1. The fourth-order valence-corrected chi connectivity index (χ4v) is 1.64. The van der Waals surface area contributed by atoms with Gasteiger partial charge in [0.25, 0.3) is 11.4 Å². The van der Waals surface area contributed by atoms with Crippen LogP contribution in [0.3, 0.4) is 0 Å². The number of carbonyl (C=O) groups excluding carboxylic acids is 1. The largest absolute Gasteiger partial charge is 0.465 e. The van der Waals surface area contributed by atoms with Crippen LogP contribution in [0.15, 0.2) is 21.5 Å². The summed E-state index contributed by atoms with van der Waals surface area (Å²) < 4.78 is 11.0. The van der Waals surface area contributed by atoms with Gasteiger partial charge >= 0.3 is 5.97 Å². The second kappa shape index (κ2) is 6.08. The normalized spacial score (nSPS) is 11.5. The van der Waals surface area contributed by atoms with E-state index < -0.39 is 11.5 Å². The van der Waals surface area contributed by atoms with Crippen molar-refractivity contribution in [2.45, 2.75) is 39.7 Å². The third-order valence-electron chi connectivity index (χ3n) is 2.77. The number of rotatable bonds is 4. The average molecular weight is 306 g/mol. The molecule has 22 heavy (non-hydrogen) atoms. The Labute approximate surface area is 127 Å².